The molecule has 2 aromatic heterocycles. The number of carboxylic acids is 1. The fourth-order valence-electron chi connectivity index (χ4n) is 7.02. The second kappa shape index (κ2) is 12.7. The molecule has 11 heteroatoms. The number of pyridine rings is 1. The van der Waals surface area contributed by atoms with E-state index < -0.39 is 29.4 Å². The van der Waals surface area contributed by atoms with E-state index >= 15 is 0 Å². The van der Waals surface area contributed by atoms with Gasteiger partial charge < -0.3 is 24.8 Å². The van der Waals surface area contributed by atoms with Crippen LogP contribution in [0.15, 0.2) is 35.7 Å². The van der Waals surface area contributed by atoms with Crippen molar-refractivity contribution < 1.29 is 29.0 Å². The second-order valence-corrected chi connectivity index (χ2v) is 14.0. The van der Waals surface area contributed by atoms with Gasteiger partial charge in [-0.05, 0) is 63.5 Å². The molecule has 0 saturated heterocycles. The van der Waals surface area contributed by atoms with Crippen molar-refractivity contribution in [1.82, 2.24) is 20.2 Å². The van der Waals surface area contributed by atoms with Crippen molar-refractivity contribution in [3.05, 3.63) is 47.0 Å². The summed E-state index contributed by atoms with van der Waals surface area (Å²) >= 11 is 1.53. The lowest BCUT2D eigenvalue weighted by Gasteiger charge is -2.30. The van der Waals surface area contributed by atoms with Crippen molar-refractivity contribution in [2.45, 2.75) is 76.9 Å². The lowest BCUT2D eigenvalue weighted by molar-refractivity contribution is -0.154. The minimum atomic E-state index is -1.28. The van der Waals surface area contributed by atoms with E-state index in [1.54, 1.807) is 14.2 Å². The highest BCUT2D eigenvalue weighted by Crippen LogP contribution is 2.51. The van der Waals surface area contributed by atoms with Crippen molar-refractivity contribution in [3.8, 4) is 22.2 Å². The van der Waals surface area contributed by atoms with Gasteiger partial charge in [-0.25, -0.2) is 14.8 Å². The van der Waals surface area contributed by atoms with Crippen LogP contribution in [0, 0.1) is 24.7 Å². The van der Waals surface area contributed by atoms with Crippen molar-refractivity contribution >= 4 is 40.0 Å². The zero-order chi connectivity index (χ0) is 32.7. The number of carboxylic acid groups (broad SMARTS) is 1. The molecule has 2 amide bonds. The summed E-state index contributed by atoms with van der Waals surface area (Å²) in [5.74, 6) is -1.53. The van der Waals surface area contributed by atoms with Crippen LogP contribution in [0.2, 0.25) is 0 Å². The van der Waals surface area contributed by atoms with E-state index in [4.69, 9.17) is 19.4 Å². The molecule has 244 valence electrons. The number of fused-ring (bicyclic) bond motifs is 3. The number of allylic oxidation sites excluding steroid dienone is 1. The van der Waals surface area contributed by atoms with Gasteiger partial charge in [0.05, 0.1) is 30.2 Å². The van der Waals surface area contributed by atoms with Crippen molar-refractivity contribution in [3.63, 3.8) is 0 Å². The van der Waals surface area contributed by atoms with Crippen LogP contribution >= 0.6 is 11.3 Å². The molecule has 3 heterocycles. The highest BCUT2D eigenvalue weighted by atomic mass is 32.1. The van der Waals surface area contributed by atoms with Gasteiger partial charge in [0, 0.05) is 41.9 Å². The Morgan fingerprint density at radius 1 is 1.15 bits per heavy atom. The smallest absolute Gasteiger partial charge is 0.330 e. The Hall–Kier alpha value is -3.99. The standard InChI is InChI=1S/C35H42N4O6S/c1-19(2)27-18-46-32(38-27)26-16-29(23-11-12-28(44-5)20(3)30(23)37-26)45-22-14-24-25(15-22)33(41)39(4)35(34(42)43)17-21(35)10-8-6-7-9-13-36-31(24)40/h8,10-12,16,18-19,21-22,24-25H,6-7,9,13-15,17H2,1-5H3,(H,36,40)(H,42,43)/b10-8-. The maximum Gasteiger partial charge on any atom is 0.330 e. The number of methoxy groups -OCH3 is 1. The summed E-state index contributed by atoms with van der Waals surface area (Å²) in [6, 6.07) is 5.70. The maximum absolute atomic E-state index is 14.1. The van der Waals surface area contributed by atoms with Crippen molar-refractivity contribution in [2.24, 2.45) is 17.8 Å². The Labute approximate surface area is 273 Å². The molecule has 5 atom stereocenters. The monoisotopic (exact) mass is 646 g/mol. The minimum Gasteiger partial charge on any atom is -0.496 e. The number of carbonyl (C=O) groups is 3. The summed E-state index contributed by atoms with van der Waals surface area (Å²) in [7, 11) is 3.19. The molecule has 2 saturated carbocycles. The number of likely N-dealkylation sites (N-methyl/N-ethyl adjacent to an activating group) is 1. The van der Waals surface area contributed by atoms with Crippen LogP contribution in [0.3, 0.4) is 0 Å². The average molecular weight is 647 g/mol. The molecule has 6 rings (SSSR count). The van der Waals surface area contributed by atoms with E-state index in [-0.39, 0.29) is 23.7 Å². The predicted octanol–water partition coefficient (Wildman–Crippen LogP) is 5.73. The number of ether oxygens (including phenoxy) is 2. The van der Waals surface area contributed by atoms with E-state index in [1.165, 1.54) is 16.2 Å². The molecular formula is C35H42N4O6S. The highest BCUT2D eigenvalue weighted by molar-refractivity contribution is 7.13. The number of aromatic nitrogens is 2. The number of hydrogen-bond acceptors (Lipinski definition) is 8. The normalized spacial score (nSPS) is 27.5. The minimum absolute atomic E-state index is 0.188. The van der Waals surface area contributed by atoms with E-state index in [2.05, 4.69) is 19.2 Å². The molecule has 1 aromatic carbocycles. The molecule has 0 radical (unpaired) electrons. The fraction of sp³-hybridized carbons (Fsp3) is 0.514. The van der Waals surface area contributed by atoms with Crippen LogP contribution in [0.1, 0.15) is 69.5 Å². The zero-order valence-electron chi connectivity index (χ0n) is 27.0. The molecule has 5 unspecified atom stereocenters. The SMILES string of the molecule is COc1ccc2c(OC3CC4C(=O)NCCCC/C=C\C5CC5(C(=O)O)N(C)C(=O)C4C3)cc(-c3nc(C(C)C)cs3)nc2c1C. The Balaban J connectivity index is 1.35. The quantitative estimate of drug-likeness (QED) is 0.325. The Morgan fingerprint density at radius 3 is 2.65 bits per heavy atom. The number of benzene rings is 1. The van der Waals surface area contributed by atoms with Crippen LogP contribution in [0.4, 0.5) is 0 Å². The van der Waals surface area contributed by atoms with Crippen LogP contribution in [0.5, 0.6) is 11.5 Å². The molecule has 0 spiro atoms. The van der Waals surface area contributed by atoms with Gasteiger partial charge in [0.25, 0.3) is 0 Å². The Morgan fingerprint density at radius 2 is 1.93 bits per heavy atom. The number of nitrogens with one attached hydrogen (secondary N) is 1. The third-order valence-electron chi connectivity index (χ3n) is 9.92. The zero-order valence-corrected chi connectivity index (χ0v) is 27.9. The van der Waals surface area contributed by atoms with Gasteiger partial charge in [-0.3, -0.25) is 9.59 Å². The van der Waals surface area contributed by atoms with Gasteiger partial charge in [-0.2, -0.15) is 0 Å². The molecule has 46 heavy (non-hydrogen) atoms. The second-order valence-electron chi connectivity index (χ2n) is 13.1. The van der Waals surface area contributed by atoms with Gasteiger partial charge in [0.15, 0.2) is 0 Å². The number of carbonyl (C=O) groups excluding carboxylic acids is 2. The molecule has 3 aliphatic rings. The van der Waals surface area contributed by atoms with Crippen LogP contribution < -0.4 is 14.8 Å². The molecule has 10 nitrogen and oxygen atoms in total. The van der Waals surface area contributed by atoms with E-state index in [0.717, 1.165) is 46.4 Å². The van der Waals surface area contributed by atoms with Gasteiger partial charge in [-0.1, -0.05) is 26.0 Å². The van der Waals surface area contributed by atoms with E-state index in [1.807, 2.05) is 42.7 Å². The Bertz CT molecular complexity index is 1700. The molecule has 1 aliphatic heterocycles. The molecule has 3 aromatic rings. The van der Waals surface area contributed by atoms with Crippen LogP contribution in [0.25, 0.3) is 21.6 Å². The van der Waals surface area contributed by atoms with Crippen LogP contribution in [-0.4, -0.2) is 70.1 Å². The average Bonchev–Trinajstić information content (AvgIpc) is 3.34. The first-order chi connectivity index (χ1) is 22.0. The summed E-state index contributed by atoms with van der Waals surface area (Å²) in [6.07, 6.45) is 6.98. The number of rotatable bonds is 6. The van der Waals surface area contributed by atoms with Gasteiger partial charge in [0.2, 0.25) is 11.8 Å². The van der Waals surface area contributed by atoms with Crippen molar-refractivity contribution in [1.29, 1.82) is 0 Å². The van der Waals surface area contributed by atoms with Crippen LogP contribution in [-0.2, 0) is 14.4 Å². The van der Waals surface area contributed by atoms with Gasteiger partial charge >= 0.3 is 5.97 Å². The topological polar surface area (TPSA) is 131 Å². The fourth-order valence-corrected chi connectivity index (χ4v) is 7.96. The number of nitrogens with zero attached hydrogens (tertiary/aromatic N) is 3. The molecular weight excluding hydrogens is 604 g/mol. The van der Waals surface area contributed by atoms with Gasteiger partial charge in [-0.15, -0.1) is 11.3 Å². The third kappa shape index (κ3) is 5.74. The first-order valence-electron chi connectivity index (χ1n) is 16.1. The molecule has 2 fully saturated rings. The number of amides is 2. The first-order valence-corrected chi connectivity index (χ1v) is 17.0. The van der Waals surface area contributed by atoms with E-state index in [9.17, 15) is 19.5 Å². The highest BCUT2D eigenvalue weighted by Gasteiger charge is 2.64. The van der Waals surface area contributed by atoms with E-state index in [0.29, 0.717) is 43.0 Å². The lowest BCUT2D eigenvalue weighted by atomic mass is 9.92. The molecule has 2 aliphatic carbocycles. The Kier molecular flexibility index (Phi) is 8.80. The summed E-state index contributed by atoms with van der Waals surface area (Å²) in [4.78, 5) is 51.3. The predicted molar refractivity (Wildman–Crippen MR) is 176 cm³/mol. The first kappa shape index (κ1) is 32.0. The maximum atomic E-state index is 14.1. The third-order valence-corrected chi connectivity index (χ3v) is 10.8. The molecule has 2 N–H and O–H groups in total. The molecule has 0 bridgehead atoms. The largest absolute Gasteiger partial charge is 0.496 e. The summed E-state index contributed by atoms with van der Waals surface area (Å²) in [5.41, 5.74) is 1.99. The number of aryl methyl sites for hydroxylation is 1. The van der Waals surface area contributed by atoms with Crippen molar-refractivity contribution in [2.75, 3.05) is 20.7 Å². The summed E-state index contributed by atoms with van der Waals surface area (Å²) in [5, 5.41) is 16.9. The van der Waals surface area contributed by atoms with Gasteiger partial charge in [0.1, 0.15) is 33.8 Å². The lowest BCUT2D eigenvalue weighted by Crippen LogP contribution is -2.50. The number of thiazole rings is 1. The summed E-state index contributed by atoms with van der Waals surface area (Å²) < 4.78 is 12.3. The summed E-state index contributed by atoms with van der Waals surface area (Å²) in [6.45, 7) is 6.69. The number of hydrogen-bond donors (Lipinski definition) is 2. The number of aliphatic carboxylic acids is 1.